The number of ether oxygens (including phenoxy) is 2. The van der Waals surface area contributed by atoms with E-state index in [1.165, 1.54) is 5.56 Å². The van der Waals surface area contributed by atoms with E-state index in [1.807, 2.05) is 0 Å². The lowest BCUT2D eigenvalue weighted by Gasteiger charge is -2.16. The molecule has 0 saturated carbocycles. The van der Waals surface area contributed by atoms with Crippen molar-refractivity contribution in [1.29, 1.82) is 0 Å². The Morgan fingerprint density at radius 3 is 2.57 bits per heavy atom. The second-order valence-electron chi connectivity index (χ2n) is 5.29. The SMILES string of the molecule is COCCCOCCNCCCN(C)Cc1ccccc1. The van der Waals surface area contributed by atoms with Crippen molar-refractivity contribution in [1.82, 2.24) is 10.2 Å². The lowest BCUT2D eigenvalue weighted by atomic mass is 10.2. The minimum absolute atomic E-state index is 0.779. The van der Waals surface area contributed by atoms with Crippen LogP contribution >= 0.6 is 0 Å². The van der Waals surface area contributed by atoms with Gasteiger partial charge < -0.3 is 19.7 Å². The molecule has 0 spiro atoms. The van der Waals surface area contributed by atoms with Crippen LogP contribution in [0.3, 0.4) is 0 Å². The topological polar surface area (TPSA) is 33.7 Å². The standard InChI is InChI=1S/C17H30N2O2/c1-19(16-17-8-4-3-5-9-17)12-6-10-18-11-15-21-14-7-13-20-2/h3-5,8-9,18H,6-7,10-16H2,1-2H3. The van der Waals surface area contributed by atoms with Crippen LogP contribution in [0.2, 0.25) is 0 Å². The molecule has 0 radical (unpaired) electrons. The molecule has 0 aliphatic rings. The van der Waals surface area contributed by atoms with E-state index in [2.05, 4.69) is 47.6 Å². The summed E-state index contributed by atoms with van der Waals surface area (Å²) in [7, 11) is 3.89. The third kappa shape index (κ3) is 10.4. The number of benzene rings is 1. The lowest BCUT2D eigenvalue weighted by Crippen LogP contribution is -2.26. The third-order valence-electron chi connectivity index (χ3n) is 3.25. The second kappa shape index (κ2) is 12.8. The van der Waals surface area contributed by atoms with Gasteiger partial charge in [-0.25, -0.2) is 0 Å². The summed E-state index contributed by atoms with van der Waals surface area (Å²) in [5, 5.41) is 3.41. The Kier molecular flexibility index (Phi) is 11.0. The highest BCUT2D eigenvalue weighted by molar-refractivity contribution is 5.14. The van der Waals surface area contributed by atoms with Crippen LogP contribution in [0, 0.1) is 0 Å². The average Bonchev–Trinajstić information content (AvgIpc) is 2.50. The van der Waals surface area contributed by atoms with E-state index in [1.54, 1.807) is 7.11 Å². The zero-order valence-corrected chi connectivity index (χ0v) is 13.5. The first-order valence-electron chi connectivity index (χ1n) is 7.83. The smallest absolute Gasteiger partial charge is 0.0590 e. The van der Waals surface area contributed by atoms with Crippen LogP contribution in [-0.4, -0.2) is 58.5 Å². The highest BCUT2D eigenvalue weighted by Gasteiger charge is 1.99. The number of hydrogen-bond acceptors (Lipinski definition) is 4. The summed E-state index contributed by atoms with van der Waals surface area (Å²) in [6, 6.07) is 10.6. The normalized spacial score (nSPS) is 11.2. The molecule has 0 saturated heterocycles. The average molecular weight is 294 g/mol. The van der Waals surface area contributed by atoms with E-state index >= 15 is 0 Å². The van der Waals surface area contributed by atoms with Crippen LogP contribution in [0.25, 0.3) is 0 Å². The van der Waals surface area contributed by atoms with E-state index in [9.17, 15) is 0 Å². The molecule has 0 aliphatic carbocycles. The Morgan fingerprint density at radius 2 is 1.81 bits per heavy atom. The van der Waals surface area contributed by atoms with Crippen molar-refractivity contribution in [2.45, 2.75) is 19.4 Å². The van der Waals surface area contributed by atoms with Crippen LogP contribution in [-0.2, 0) is 16.0 Å². The molecule has 0 bridgehead atoms. The predicted molar refractivity (Wildman–Crippen MR) is 87.6 cm³/mol. The molecule has 0 aliphatic heterocycles. The Labute approximate surface area is 129 Å². The number of nitrogens with zero attached hydrogens (tertiary/aromatic N) is 1. The molecule has 120 valence electrons. The summed E-state index contributed by atoms with van der Waals surface area (Å²) in [4.78, 5) is 2.36. The highest BCUT2D eigenvalue weighted by Crippen LogP contribution is 2.02. The number of rotatable bonds is 13. The van der Waals surface area contributed by atoms with Crippen LogP contribution in [0.4, 0.5) is 0 Å². The van der Waals surface area contributed by atoms with Crippen molar-refractivity contribution >= 4 is 0 Å². The molecule has 0 atom stereocenters. The third-order valence-corrected chi connectivity index (χ3v) is 3.25. The summed E-state index contributed by atoms with van der Waals surface area (Å²) >= 11 is 0. The molecule has 1 aromatic carbocycles. The summed E-state index contributed by atoms with van der Waals surface area (Å²) in [6.45, 7) is 6.44. The second-order valence-corrected chi connectivity index (χ2v) is 5.29. The van der Waals surface area contributed by atoms with Crippen LogP contribution < -0.4 is 5.32 Å². The van der Waals surface area contributed by atoms with Gasteiger partial charge in [0.15, 0.2) is 0 Å². The molecule has 21 heavy (non-hydrogen) atoms. The molecule has 1 N–H and O–H groups in total. The quantitative estimate of drug-likeness (QED) is 0.565. The summed E-state index contributed by atoms with van der Waals surface area (Å²) in [5.41, 5.74) is 1.37. The minimum Gasteiger partial charge on any atom is -0.385 e. The summed E-state index contributed by atoms with van der Waals surface area (Å²) < 4.78 is 10.5. The van der Waals surface area contributed by atoms with Crippen molar-refractivity contribution in [3.05, 3.63) is 35.9 Å². The molecule has 0 amide bonds. The van der Waals surface area contributed by atoms with Gasteiger partial charge in [-0.3, -0.25) is 0 Å². The van der Waals surface area contributed by atoms with Crippen LogP contribution in [0.15, 0.2) is 30.3 Å². The van der Waals surface area contributed by atoms with Gasteiger partial charge >= 0.3 is 0 Å². The minimum atomic E-state index is 0.779. The summed E-state index contributed by atoms with van der Waals surface area (Å²) in [5.74, 6) is 0. The van der Waals surface area contributed by atoms with E-state index < -0.39 is 0 Å². The molecular weight excluding hydrogens is 264 g/mol. The maximum absolute atomic E-state index is 5.49. The molecule has 0 fully saturated rings. The fourth-order valence-corrected chi connectivity index (χ4v) is 2.12. The molecule has 0 heterocycles. The Bertz CT molecular complexity index is 333. The van der Waals surface area contributed by atoms with E-state index in [-0.39, 0.29) is 0 Å². The van der Waals surface area contributed by atoms with Crippen LogP contribution in [0.5, 0.6) is 0 Å². The fourth-order valence-electron chi connectivity index (χ4n) is 2.12. The monoisotopic (exact) mass is 294 g/mol. The Morgan fingerprint density at radius 1 is 1.00 bits per heavy atom. The van der Waals surface area contributed by atoms with Gasteiger partial charge in [0, 0.05) is 33.4 Å². The molecule has 1 aromatic rings. The largest absolute Gasteiger partial charge is 0.385 e. The first-order chi connectivity index (χ1) is 10.3. The van der Waals surface area contributed by atoms with Crippen molar-refractivity contribution < 1.29 is 9.47 Å². The van der Waals surface area contributed by atoms with Gasteiger partial charge in [-0.15, -0.1) is 0 Å². The van der Waals surface area contributed by atoms with E-state index in [0.717, 1.165) is 58.8 Å². The lowest BCUT2D eigenvalue weighted by molar-refractivity contribution is 0.104. The van der Waals surface area contributed by atoms with Crippen LogP contribution in [0.1, 0.15) is 18.4 Å². The molecule has 4 heteroatoms. The number of nitrogens with one attached hydrogen (secondary N) is 1. The fraction of sp³-hybridized carbons (Fsp3) is 0.647. The summed E-state index contributed by atoms with van der Waals surface area (Å²) in [6.07, 6.45) is 2.13. The van der Waals surface area contributed by atoms with Gasteiger partial charge in [-0.2, -0.15) is 0 Å². The van der Waals surface area contributed by atoms with E-state index in [4.69, 9.17) is 9.47 Å². The molecule has 0 unspecified atom stereocenters. The Balaban J connectivity index is 1.87. The van der Waals surface area contributed by atoms with Gasteiger partial charge in [0.05, 0.1) is 6.61 Å². The number of hydrogen-bond donors (Lipinski definition) is 1. The van der Waals surface area contributed by atoms with Gasteiger partial charge in [0.1, 0.15) is 0 Å². The van der Waals surface area contributed by atoms with Gasteiger partial charge in [0.25, 0.3) is 0 Å². The molecule has 4 nitrogen and oxygen atoms in total. The van der Waals surface area contributed by atoms with Crippen molar-refractivity contribution in [2.75, 3.05) is 53.6 Å². The van der Waals surface area contributed by atoms with Crippen molar-refractivity contribution in [3.8, 4) is 0 Å². The van der Waals surface area contributed by atoms with Crippen molar-refractivity contribution in [3.63, 3.8) is 0 Å². The highest BCUT2D eigenvalue weighted by atomic mass is 16.5. The molecule has 1 rings (SSSR count). The Hall–Kier alpha value is -0.940. The number of methoxy groups -OCH3 is 1. The van der Waals surface area contributed by atoms with E-state index in [0.29, 0.717) is 0 Å². The maximum Gasteiger partial charge on any atom is 0.0590 e. The first-order valence-corrected chi connectivity index (χ1v) is 7.83. The zero-order valence-electron chi connectivity index (χ0n) is 13.5. The predicted octanol–water partition coefficient (Wildman–Crippen LogP) is 2.15. The molecule has 0 aromatic heterocycles. The van der Waals surface area contributed by atoms with Crippen molar-refractivity contribution in [2.24, 2.45) is 0 Å². The van der Waals surface area contributed by atoms with Gasteiger partial charge in [0.2, 0.25) is 0 Å². The molecular formula is C17H30N2O2. The first kappa shape index (κ1) is 18.1. The van der Waals surface area contributed by atoms with Gasteiger partial charge in [-0.1, -0.05) is 30.3 Å². The zero-order chi connectivity index (χ0) is 15.2. The maximum atomic E-state index is 5.49. The van der Waals surface area contributed by atoms with Gasteiger partial charge in [-0.05, 0) is 38.5 Å².